The first kappa shape index (κ1) is 18.2. The molecule has 0 saturated carbocycles. The van der Waals surface area contributed by atoms with Crippen molar-refractivity contribution in [2.75, 3.05) is 13.1 Å². The van der Waals surface area contributed by atoms with Crippen molar-refractivity contribution in [3.05, 3.63) is 40.2 Å². The maximum absolute atomic E-state index is 14.1. The van der Waals surface area contributed by atoms with E-state index in [1.807, 2.05) is 11.5 Å². The number of nitrogens with one attached hydrogen (secondary N) is 1. The Hall–Kier alpha value is -1.58. The van der Waals surface area contributed by atoms with E-state index in [4.69, 9.17) is 12.2 Å². The molecule has 2 aromatic rings. The SMILES string of the molecule is CCn1c(C2CCN(S(=O)(=O)c3ccc(C)cc3F)CC2)n[nH]c1=S. The normalized spacial score (nSPS) is 17.1. The van der Waals surface area contributed by atoms with Crippen LogP contribution in [0.2, 0.25) is 0 Å². The summed E-state index contributed by atoms with van der Waals surface area (Å²) in [6.07, 6.45) is 1.26. The van der Waals surface area contributed by atoms with Crippen LogP contribution in [0.1, 0.15) is 37.1 Å². The van der Waals surface area contributed by atoms with Crippen molar-refractivity contribution in [2.45, 2.75) is 44.0 Å². The lowest BCUT2D eigenvalue weighted by atomic mass is 9.97. The fourth-order valence-electron chi connectivity index (χ4n) is 3.26. The van der Waals surface area contributed by atoms with Gasteiger partial charge < -0.3 is 4.57 Å². The van der Waals surface area contributed by atoms with Gasteiger partial charge in [0.1, 0.15) is 16.5 Å². The number of halogens is 1. The average Bonchev–Trinajstić information content (AvgIpc) is 2.95. The third-order valence-electron chi connectivity index (χ3n) is 4.63. The number of aromatic amines is 1. The van der Waals surface area contributed by atoms with Gasteiger partial charge in [0, 0.05) is 25.6 Å². The molecule has 136 valence electrons. The van der Waals surface area contributed by atoms with Gasteiger partial charge in [-0.2, -0.15) is 9.40 Å². The van der Waals surface area contributed by atoms with Crippen molar-refractivity contribution < 1.29 is 12.8 Å². The molecule has 1 aliphatic rings. The fraction of sp³-hybridized carbons (Fsp3) is 0.500. The Morgan fingerprint density at radius 1 is 1.36 bits per heavy atom. The van der Waals surface area contributed by atoms with Crippen LogP contribution in [0.25, 0.3) is 0 Å². The Balaban J connectivity index is 1.78. The van der Waals surface area contributed by atoms with Crippen LogP contribution >= 0.6 is 12.2 Å². The van der Waals surface area contributed by atoms with E-state index in [0.717, 1.165) is 12.4 Å². The van der Waals surface area contributed by atoms with E-state index >= 15 is 0 Å². The number of hydrogen-bond acceptors (Lipinski definition) is 4. The predicted octanol–water partition coefficient (Wildman–Crippen LogP) is 2.98. The molecule has 0 amide bonds. The van der Waals surface area contributed by atoms with Crippen LogP contribution < -0.4 is 0 Å². The minimum Gasteiger partial charge on any atom is -0.304 e. The van der Waals surface area contributed by atoms with Gasteiger partial charge in [-0.15, -0.1) is 0 Å². The lowest BCUT2D eigenvalue weighted by Gasteiger charge is -2.31. The summed E-state index contributed by atoms with van der Waals surface area (Å²) in [5.41, 5.74) is 0.692. The second kappa shape index (κ2) is 6.97. The minimum atomic E-state index is -3.82. The molecule has 1 aromatic heterocycles. The van der Waals surface area contributed by atoms with E-state index in [-0.39, 0.29) is 10.8 Å². The van der Waals surface area contributed by atoms with E-state index < -0.39 is 15.8 Å². The van der Waals surface area contributed by atoms with E-state index in [0.29, 0.717) is 36.3 Å². The first-order valence-corrected chi connectivity index (χ1v) is 10.1. The highest BCUT2D eigenvalue weighted by Gasteiger charge is 2.33. The zero-order chi connectivity index (χ0) is 18.2. The highest BCUT2D eigenvalue weighted by molar-refractivity contribution is 7.89. The molecule has 25 heavy (non-hydrogen) atoms. The Bertz CT molecular complexity index is 928. The summed E-state index contributed by atoms with van der Waals surface area (Å²) >= 11 is 5.21. The van der Waals surface area contributed by atoms with Crippen molar-refractivity contribution >= 4 is 22.2 Å². The van der Waals surface area contributed by atoms with Crippen LogP contribution in [0.4, 0.5) is 4.39 Å². The summed E-state index contributed by atoms with van der Waals surface area (Å²) in [6, 6.07) is 4.20. The number of hydrogen-bond donors (Lipinski definition) is 1. The maximum atomic E-state index is 14.1. The lowest BCUT2D eigenvalue weighted by Crippen LogP contribution is -2.38. The number of nitrogens with zero attached hydrogens (tertiary/aromatic N) is 3. The van der Waals surface area contributed by atoms with Crippen molar-refractivity contribution in [2.24, 2.45) is 0 Å². The second-order valence-corrected chi connectivity index (χ2v) is 8.54. The molecule has 6 nitrogen and oxygen atoms in total. The van der Waals surface area contributed by atoms with Gasteiger partial charge in [-0.1, -0.05) is 6.07 Å². The van der Waals surface area contributed by atoms with E-state index in [1.165, 1.54) is 16.4 Å². The van der Waals surface area contributed by atoms with Crippen molar-refractivity contribution in [1.82, 2.24) is 19.1 Å². The van der Waals surface area contributed by atoms with E-state index in [9.17, 15) is 12.8 Å². The van der Waals surface area contributed by atoms with Crippen LogP contribution in [0.5, 0.6) is 0 Å². The largest absolute Gasteiger partial charge is 0.304 e. The zero-order valence-corrected chi connectivity index (χ0v) is 15.8. The molecular formula is C16H21FN4O2S2. The van der Waals surface area contributed by atoms with Crippen molar-refractivity contribution in [3.63, 3.8) is 0 Å². The van der Waals surface area contributed by atoms with Crippen LogP contribution in [-0.4, -0.2) is 40.6 Å². The molecule has 1 fully saturated rings. The van der Waals surface area contributed by atoms with Gasteiger partial charge in [0.2, 0.25) is 10.0 Å². The summed E-state index contributed by atoms with van der Waals surface area (Å²) < 4.78 is 43.4. The third-order valence-corrected chi connectivity index (χ3v) is 6.87. The highest BCUT2D eigenvalue weighted by atomic mass is 32.2. The molecule has 0 bridgehead atoms. The molecule has 3 rings (SSSR count). The summed E-state index contributed by atoms with van der Waals surface area (Å²) in [4.78, 5) is -0.257. The molecule has 0 aliphatic carbocycles. The quantitative estimate of drug-likeness (QED) is 0.823. The Kier molecular flexibility index (Phi) is 5.08. The average molecular weight is 385 g/mol. The van der Waals surface area contributed by atoms with Gasteiger partial charge in [0.15, 0.2) is 4.77 Å². The van der Waals surface area contributed by atoms with Gasteiger partial charge in [-0.3, -0.25) is 5.10 Å². The van der Waals surface area contributed by atoms with Crippen LogP contribution in [0.15, 0.2) is 23.1 Å². The first-order chi connectivity index (χ1) is 11.8. The fourth-order valence-corrected chi connectivity index (χ4v) is 5.04. The number of H-pyrrole nitrogens is 1. The topological polar surface area (TPSA) is 71.0 Å². The third kappa shape index (κ3) is 3.40. The van der Waals surface area contributed by atoms with Gasteiger partial charge in [0.05, 0.1) is 0 Å². The maximum Gasteiger partial charge on any atom is 0.245 e. The summed E-state index contributed by atoms with van der Waals surface area (Å²) in [7, 11) is -3.82. The zero-order valence-electron chi connectivity index (χ0n) is 14.2. The van der Waals surface area contributed by atoms with Crippen LogP contribution in [0.3, 0.4) is 0 Å². The van der Waals surface area contributed by atoms with Crippen molar-refractivity contribution in [3.8, 4) is 0 Å². The minimum absolute atomic E-state index is 0.141. The standard InChI is InChI=1S/C16H21FN4O2S2/c1-3-21-15(18-19-16(21)24)12-6-8-20(9-7-12)25(22,23)14-5-4-11(2)10-13(14)17/h4-5,10,12H,3,6-9H2,1-2H3,(H,19,24). The Morgan fingerprint density at radius 3 is 2.64 bits per heavy atom. The summed E-state index contributed by atoms with van der Waals surface area (Å²) in [6.45, 7) is 5.12. The van der Waals surface area contributed by atoms with Gasteiger partial charge >= 0.3 is 0 Å². The second-order valence-electron chi connectivity index (χ2n) is 6.24. The molecule has 1 saturated heterocycles. The van der Waals surface area contributed by atoms with Crippen LogP contribution in [0, 0.1) is 17.5 Å². The number of sulfonamides is 1. The molecule has 0 radical (unpaired) electrons. The van der Waals surface area contributed by atoms with Gasteiger partial charge in [0.25, 0.3) is 0 Å². The molecule has 0 unspecified atom stereocenters. The molecule has 1 N–H and O–H groups in total. The summed E-state index contributed by atoms with van der Waals surface area (Å²) in [5.74, 6) is 0.308. The molecule has 0 spiro atoms. The van der Waals surface area contributed by atoms with Crippen molar-refractivity contribution in [1.29, 1.82) is 0 Å². The molecule has 9 heteroatoms. The number of aryl methyl sites for hydroxylation is 1. The molecular weight excluding hydrogens is 363 g/mol. The Labute approximate surface area is 151 Å². The van der Waals surface area contributed by atoms with E-state index in [2.05, 4.69) is 10.2 Å². The van der Waals surface area contributed by atoms with E-state index in [1.54, 1.807) is 13.0 Å². The molecule has 1 aromatic carbocycles. The number of benzene rings is 1. The monoisotopic (exact) mass is 384 g/mol. The van der Waals surface area contributed by atoms with Gasteiger partial charge in [-0.05, 0) is 56.6 Å². The molecule has 2 heterocycles. The predicted molar refractivity (Wildman–Crippen MR) is 95.0 cm³/mol. The highest BCUT2D eigenvalue weighted by Crippen LogP contribution is 2.30. The first-order valence-electron chi connectivity index (χ1n) is 8.26. The number of piperidine rings is 1. The number of aromatic nitrogens is 3. The summed E-state index contributed by atoms with van der Waals surface area (Å²) in [5, 5.41) is 7.10. The van der Waals surface area contributed by atoms with Gasteiger partial charge in [-0.25, -0.2) is 12.8 Å². The number of rotatable bonds is 4. The molecule has 1 aliphatic heterocycles. The van der Waals surface area contributed by atoms with Crippen LogP contribution in [-0.2, 0) is 16.6 Å². The Morgan fingerprint density at radius 2 is 2.04 bits per heavy atom. The molecule has 0 atom stereocenters. The smallest absolute Gasteiger partial charge is 0.245 e. The lowest BCUT2D eigenvalue weighted by molar-refractivity contribution is 0.308.